The third kappa shape index (κ3) is 6.85. The number of rotatable bonds is 11. The van der Waals surface area contributed by atoms with Gasteiger partial charge in [-0.05, 0) is 80.1 Å². The molecule has 43 heavy (non-hydrogen) atoms. The Balaban J connectivity index is 1.52. The second kappa shape index (κ2) is 12.8. The lowest BCUT2D eigenvalue weighted by molar-refractivity contribution is 0.103. The van der Waals surface area contributed by atoms with Gasteiger partial charge in [0, 0.05) is 67.1 Å². The van der Waals surface area contributed by atoms with Gasteiger partial charge in [0.25, 0.3) is 0 Å². The number of aryl methyl sites for hydroxylation is 2. The molecule has 0 atom stereocenters. The van der Waals surface area contributed by atoms with Crippen molar-refractivity contribution in [3.8, 4) is 0 Å². The maximum Gasteiger partial charge on any atom is 0.325 e. The van der Waals surface area contributed by atoms with Gasteiger partial charge in [0.2, 0.25) is 5.78 Å². The van der Waals surface area contributed by atoms with E-state index in [9.17, 15) is 18.0 Å². The van der Waals surface area contributed by atoms with Crippen LogP contribution in [0.2, 0.25) is 5.02 Å². The van der Waals surface area contributed by atoms with Crippen LogP contribution in [0.5, 0.6) is 0 Å². The molecule has 5 rings (SSSR count). The third-order valence-corrected chi connectivity index (χ3v) is 8.67. The zero-order chi connectivity index (χ0) is 30.7. The van der Waals surface area contributed by atoms with Crippen molar-refractivity contribution in [1.82, 2.24) is 4.57 Å². The number of ketones is 2. The van der Waals surface area contributed by atoms with Crippen molar-refractivity contribution in [2.45, 2.75) is 31.7 Å². The van der Waals surface area contributed by atoms with E-state index >= 15 is 0 Å². The lowest BCUT2D eigenvalue weighted by Gasteiger charge is -2.07. The molecule has 0 aliphatic heterocycles. The van der Waals surface area contributed by atoms with Gasteiger partial charge in [-0.1, -0.05) is 41.0 Å². The summed E-state index contributed by atoms with van der Waals surface area (Å²) in [4.78, 5) is 28.1. The molecule has 10 heteroatoms. The summed E-state index contributed by atoms with van der Waals surface area (Å²) >= 11 is 7.46. The highest BCUT2D eigenvalue weighted by Crippen LogP contribution is 2.32. The number of oxime groups is 1. The van der Waals surface area contributed by atoms with Crippen LogP contribution in [-0.2, 0) is 20.9 Å². The number of benzene rings is 4. The Labute approximate surface area is 259 Å². The maximum atomic E-state index is 13.7. The molecular formula is C33H29ClN2O5S2. The maximum absolute atomic E-state index is 13.7. The summed E-state index contributed by atoms with van der Waals surface area (Å²) in [5, 5.41) is 6.02. The van der Waals surface area contributed by atoms with E-state index in [2.05, 4.69) is 9.72 Å². The number of thioether (sulfide) groups is 1. The van der Waals surface area contributed by atoms with Gasteiger partial charge in [-0.15, -0.1) is 11.8 Å². The SMILES string of the molecule is CCn1c2ccc(C(=O)C(CCSc3ccc(Cl)cc3)=NOS(C)(=O)=O)cc2c2cc(C(=O)c3ccccc3C)ccc21. The van der Waals surface area contributed by atoms with Crippen LogP contribution in [0.25, 0.3) is 21.8 Å². The molecule has 0 aliphatic carbocycles. The first-order valence-corrected chi connectivity index (χ1v) is 16.8. The fourth-order valence-electron chi connectivity index (χ4n) is 4.99. The summed E-state index contributed by atoms with van der Waals surface area (Å²) in [6.07, 6.45) is 1.05. The fraction of sp³-hybridized carbons (Fsp3) is 0.182. The van der Waals surface area contributed by atoms with Gasteiger partial charge in [-0.25, -0.2) is 0 Å². The molecule has 0 unspecified atom stereocenters. The molecule has 0 radical (unpaired) electrons. The molecule has 0 amide bonds. The van der Waals surface area contributed by atoms with Crippen LogP contribution >= 0.6 is 23.4 Å². The smallest absolute Gasteiger partial charge is 0.325 e. The number of fused-ring (bicyclic) bond motifs is 3. The van der Waals surface area contributed by atoms with E-state index < -0.39 is 15.9 Å². The van der Waals surface area contributed by atoms with Crippen molar-refractivity contribution in [3.05, 3.63) is 112 Å². The fourth-order valence-corrected chi connectivity index (χ4v) is 6.20. The summed E-state index contributed by atoms with van der Waals surface area (Å²) in [5.74, 6) is -0.0527. The lowest BCUT2D eigenvalue weighted by Crippen LogP contribution is -2.17. The van der Waals surface area contributed by atoms with Gasteiger partial charge in [0.1, 0.15) is 5.71 Å². The predicted octanol–water partition coefficient (Wildman–Crippen LogP) is 7.70. The molecule has 0 fully saturated rings. The van der Waals surface area contributed by atoms with Crippen molar-refractivity contribution in [3.63, 3.8) is 0 Å². The van der Waals surface area contributed by atoms with Gasteiger partial charge >= 0.3 is 10.1 Å². The Morgan fingerprint density at radius 2 is 1.53 bits per heavy atom. The number of nitrogens with zero attached hydrogens (tertiary/aromatic N) is 2. The highest BCUT2D eigenvalue weighted by atomic mass is 35.5. The van der Waals surface area contributed by atoms with Crippen molar-refractivity contribution in [2.24, 2.45) is 5.16 Å². The highest BCUT2D eigenvalue weighted by molar-refractivity contribution is 7.99. The van der Waals surface area contributed by atoms with E-state index in [0.717, 1.165) is 38.5 Å². The first-order valence-electron chi connectivity index (χ1n) is 13.6. The number of halogens is 1. The van der Waals surface area contributed by atoms with Crippen molar-refractivity contribution in [2.75, 3.05) is 12.0 Å². The van der Waals surface area contributed by atoms with Crippen molar-refractivity contribution in [1.29, 1.82) is 0 Å². The standard InChI is InChI=1S/C33H29ClN2O5S2/c1-4-36-30-15-9-22(32(37)26-8-6-5-7-21(26)2)19-27(30)28-20-23(10-16-31(28)36)33(38)29(35-41-43(3,39)40)17-18-42-25-13-11-24(34)12-14-25/h5-16,19-20H,4,17-18H2,1-3H3. The molecule has 0 bridgehead atoms. The summed E-state index contributed by atoms with van der Waals surface area (Å²) in [6, 6.07) is 25.8. The molecule has 1 aromatic heterocycles. The zero-order valence-electron chi connectivity index (χ0n) is 23.8. The van der Waals surface area contributed by atoms with E-state index in [1.165, 1.54) is 11.8 Å². The van der Waals surface area contributed by atoms with E-state index in [1.807, 2.05) is 74.5 Å². The number of carbonyl (C=O) groups excluding carboxylic acids is 2. The van der Waals surface area contributed by atoms with Gasteiger partial charge in [0.15, 0.2) is 5.78 Å². The second-order valence-corrected chi connectivity index (χ2v) is 13.2. The molecule has 0 saturated carbocycles. The minimum Gasteiger partial charge on any atom is -0.341 e. The summed E-state index contributed by atoms with van der Waals surface area (Å²) in [6.45, 7) is 4.64. The molecule has 5 aromatic rings. The Kier molecular flexibility index (Phi) is 9.05. The molecule has 0 aliphatic rings. The minimum atomic E-state index is -3.92. The average Bonchev–Trinajstić information content (AvgIpc) is 3.31. The first-order chi connectivity index (χ1) is 20.6. The minimum absolute atomic E-state index is 0.0131. The van der Waals surface area contributed by atoms with Gasteiger partial charge in [-0.2, -0.15) is 8.42 Å². The normalized spacial score (nSPS) is 12.1. The number of hydrogen-bond acceptors (Lipinski definition) is 7. The van der Waals surface area contributed by atoms with Crippen LogP contribution in [0.1, 0.15) is 45.2 Å². The first kappa shape index (κ1) is 30.5. The van der Waals surface area contributed by atoms with Gasteiger partial charge in [-0.3, -0.25) is 13.9 Å². The molecule has 0 saturated heterocycles. The van der Waals surface area contributed by atoms with Gasteiger partial charge < -0.3 is 4.57 Å². The molecule has 220 valence electrons. The second-order valence-electron chi connectivity index (χ2n) is 10.1. The number of Topliss-reactive ketones (excluding diaryl/α,β-unsaturated/α-hetero) is 1. The molecule has 0 N–H and O–H groups in total. The molecule has 4 aromatic carbocycles. The molecule has 7 nitrogen and oxygen atoms in total. The number of hydrogen-bond donors (Lipinski definition) is 0. The van der Waals surface area contributed by atoms with Crippen LogP contribution < -0.4 is 0 Å². The van der Waals surface area contributed by atoms with E-state index in [4.69, 9.17) is 15.9 Å². The van der Waals surface area contributed by atoms with E-state index in [0.29, 0.717) is 34.0 Å². The van der Waals surface area contributed by atoms with Crippen LogP contribution in [-0.4, -0.2) is 42.3 Å². The van der Waals surface area contributed by atoms with Crippen LogP contribution in [0.15, 0.2) is 95.0 Å². The van der Waals surface area contributed by atoms with Crippen LogP contribution in [0.3, 0.4) is 0 Å². The lowest BCUT2D eigenvalue weighted by atomic mass is 9.97. The largest absolute Gasteiger partial charge is 0.341 e. The Morgan fingerprint density at radius 1 is 0.907 bits per heavy atom. The summed E-state index contributed by atoms with van der Waals surface area (Å²) in [5.41, 5.74) is 4.27. The summed E-state index contributed by atoms with van der Waals surface area (Å²) in [7, 11) is -3.92. The summed E-state index contributed by atoms with van der Waals surface area (Å²) < 4.78 is 30.2. The molecule has 0 spiro atoms. The Morgan fingerprint density at radius 3 is 2.16 bits per heavy atom. The highest BCUT2D eigenvalue weighted by Gasteiger charge is 2.20. The zero-order valence-corrected chi connectivity index (χ0v) is 26.2. The van der Waals surface area contributed by atoms with Gasteiger partial charge in [0.05, 0.1) is 6.26 Å². The average molecular weight is 633 g/mol. The Hall–Kier alpha value is -3.92. The molecular weight excluding hydrogens is 604 g/mol. The predicted molar refractivity (Wildman–Crippen MR) is 174 cm³/mol. The van der Waals surface area contributed by atoms with Crippen molar-refractivity contribution >= 4 is 72.6 Å². The van der Waals surface area contributed by atoms with E-state index in [1.54, 1.807) is 24.3 Å². The van der Waals surface area contributed by atoms with Crippen LogP contribution in [0, 0.1) is 6.92 Å². The Bertz CT molecular complexity index is 2000. The molecule has 1 heterocycles. The monoisotopic (exact) mass is 632 g/mol. The van der Waals surface area contributed by atoms with Crippen molar-refractivity contribution < 1.29 is 22.3 Å². The topological polar surface area (TPSA) is 94.8 Å². The van der Waals surface area contributed by atoms with E-state index in [-0.39, 0.29) is 17.9 Å². The number of carbonyl (C=O) groups is 2. The quantitative estimate of drug-likeness (QED) is 0.0641. The van der Waals surface area contributed by atoms with Crippen LogP contribution in [0.4, 0.5) is 0 Å². The number of aromatic nitrogens is 1. The third-order valence-electron chi connectivity index (χ3n) is 7.06.